The van der Waals surface area contributed by atoms with Crippen molar-refractivity contribution in [3.05, 3.63) is 77.7 Å². The van der Waals surface area contributed by atoms with E-state index in [1.165, 1.54) is 0 Å². The third-order valence-electron chi connectivity index (χ3n) is 2.82. The summed E-state index contributed by atoms with van der Waals surface area (Å²) in [6.45, 7) is 3.99. The molecule has 19 heavy (non-hydrogen) atoms. The highest BCUT2D eigenvalue weighted by atomic mass is 16.5. The smallest absolute Gasteiger partial charge is 0.338 e. The molecule has 3 heteroatoms. The lowest BCUT2D eigenvalue weighted by Gasteiger charge is -2.09. The molecule has 0 aliphatic carbocycles. The van der Waals surface area contributed by atoms with Gasteiger partial charge in [0.15, 0.2) is 0 Å². The first-order valence-electron chi connectivity index (χ1n) is 5.97. The maximum absolute atomic E-state index is 11.8. The molecule has 0 saturated heterocycles. The minimum atomic E-state index is -0.366. The summed E-state index contributed by atoms with van der Waals surface area (Å²) in [5.41, 5.74) is 2.89. The molecule has 2 aromatic rings. The summed E-state index contributed by atoms with van der Waals surface area (Å²) in [6.07, 6.45) is 0. The largest absolute Gasteiger partial charge is 0.457 e. The molecule has 0 saturated carbocycles. The van der Waals surface area contributed by atoms with Crippen molar-refractivity contribution in [3.8, 4) is 0 Å². The third-order valence-corrected chi connectivity index (χ3v) is 2.82. The number of carbonyl (C=O) groups excluding carboxylic acids is 1. The Morgan fingerprint density at radius 3 is 2.58 bits per heavy atom. The molecule has 0 amide bonds. The zero-order valence-corrected chi connectivity index (χ0v) is 10.5. The van der Waals surface area contributed by atoms with Gasteiger partial charge in [-0.1, -0.05) is 30.3 Å². The molecule has 0 spiro atoms. The number of hydrogen-bond acceptors (Lipinski definition) is 3. The van der Waals surface area contributed by atoms with Crippen LogP contribution in [0.25, 0.3) is 0 Å². The van der Waals surface area contributed by atoms with Crippen molar-refractivity contribution in [2.75, 3.05) is 0 Å². The van der Waals surface area contributed by atoms with E-state index >= 15 is 0 Å². The average Bonchev–Trinajstić information content (AvgIpc) is 2.47. The quantitative estimate of drug-likeness (QED) is 0.854. The van der Waals surface area contributed by atoms with Crippen LogP contribution >= 0.6 is 0 Å². The van der Waals surface area contributed by atoms with Gasteiger partial charge in [-0.2, -0.15) is 0 Å². The van der Waals surface area contributed by atoms with Gasteiger partial charge in [0.05, 0.1) is 12.2 Å². The van der Waals surface area contributed by atoms with E-state index in [-0.39, 0.29) is 19.2 Å². The molecule has 1 radical (unpaired) electrons. The summed E-state index contributed by atoms with van der Waals surface area (Å²) >= 11 is 0. The summed E-state index contributed by atoms with van der Waals surface area (Å²) in [6, 6.07) is 14.2. The lowest BCUT2D eigenvalue weighted by atomic mass is 10.1. The van der Waals surface area contributed by atoms with Crippen LogP contribution in [0.5, 0.6) is 0 Å². The van der Waals surface area contributed by atoms with Crippen molar-refractivity contribution in [3.63, 3.8) is 0 Å². The minimum Gasteiger partial charge on any atom is -0.457 e. The normalized spacial score (nSPS) is 10.2. The summed E-state index contributed by atoms with van der Waals surface area (Å²) in [4.78, 5) is 11.8. The molecule has 0 aliphatic heterocycles. The van der Waals surface area contributed by atoms with E-state index in [0.29, 0.717) is 5.56 Å². The zero-order valence-electron chi connectivity index (χ0n) is 10.5. The van der Waals surface area contributed by atoms with Crippen molar-refractivity contribution < 1.29 is 14.6 Å². The van der Waals surface area contributed by atoms with E-state index in [1.54, 1.807) is 42.5 Å². The van der Waals surface area contributed by atoms with Gasteiger partial charge in [0.1, 0.15) is 6.61 Å². The van der Waals surface area contributed by atoms with Crippen LogP contribution in [0.1, 0.15) is 27.0 Å². The second-order valence-corrected chi connectivity index (χ2v) is 4.20. The molecule has 0 atom stereocenters. The van der Waals surface area contributed by atoms with Crippen molar-refractivity contribution in [2.24, 2.45) is 0 Å². The van der Waals surface area contributed by atoms with Crippen LogP contribution in [0, 0.1) is 6.92 Å². The maximum Gasteiger partial charge on any atom is 0.338 e. The molecule has 2 aromatic carbocycles. The fourth-order valence-corrected chi connectivity index (χ4v) is 1.71. The predicted octanol–water partition coefficient (Wildman–Crippen LogP) is 2.72. The van der Waals surface area contributed by atoms with E-state index in [1.807, 2.05) is 6.07 Å². The molecule has 0 bridgehead atoms. The van der Waals surface area contributed by atoms with Crippen LogP contribution in [0.3, 0.4) is 0 Å². The topological polar surface area (TPSA) is 46.5 Å². The van der Waals surface area contributed by atoms with Gasteiger partial charge in [-0.3, -0.25) is 0 Å². The lowest BCUT2D eigenvalue weighted by Crippen LogP contribution is -2.06. The molecule has 0 heterocycles. The monoisotopic (exact) mass is 255 g/mol. The number of aliphatic hydroxyl groups excluding tert-OH is 1. The highest BCUT2D eigenvalue weighted by Gasteiger charge is 2.08. The number of hydrogen-bond donors (Lipinski definition) is 1. The zero-order chi connectivity index (χ0) is 13.7. The van der Waals surface area contributed by atoms with Crippen LogP contribution < -0.4 is 0 Å². The Hall–Kier alpha value is -2.13. The first-order valence-corrected chi connectivity index (χ1v) is 5.97. The van der Waals surface area contributed by atoms with Gasteiger partial charge in [-0.15, -0.1) is 0 Å². The summed E-state index contributed by atoms with van der Waals surface area (Å²) < 4.78 is 5.23. The van der Waals surface area contributed by atoms with Gasteiger partial charge in [-0.05, 0) is 41.8 Å². The van der Waals surface area contributed by atoms with Gasteiger partial charge >= 0.3 is 5.97 Å². The first-order chi connectivity index (χ1) is 9.20. The Kier molecular flexibility index (Phi) is 4.31. The number of ether oxygens (including phenoxy) is 1. The van der Waals surface area contributed by atoms with E-state index in [4.69, 9.17) is 9.84 Å². The average molecular weight is 255 g/mol. The molecular weight excluding hydrogens is 240 g/mol. The fraction of sp³-hybridized carbons (Fsp3) is 0.125. The van der Waals surface area contributed by atoms with Crippen molar-refractivity contribution >= 4 is 5.97 Å². The molecule has 97 valence electrons. The number of carbonyl (C=O) groups is 1. The lowest BCUT2D eigenvalue weighted by molar-refractivity contribution is 0.0472. The number of esters is 1. The third kappa shape index (κ3) is 3.42. The van der Waals surface area contributed by atoms with Crippen LogP contribution in [-0.4, -0.2) is 11.1 Å². The summed E-state index contributed by atoms with van der Waals surface area (Å²) in [5.74, 6) is -0.366. The molecule has 0 unspecified atom stereocenters. The SMILES string of the molecule is [CH2]c1ccc(CO)cc1COC(=O)c1ccccc1. The molecule has 0 aromatic heterocycles. The van der Waals surface area contributed by atoms with Crippen molar-refractivity contribution in [1.29, 1.82) is 0 Å². The fourth-order valence-electron chi connectivity index (χ4n) is 1.71. The van der Waals surface area contributed by atoms with Gasteiger partial charge in [0, 0.05) is 0 Å². The molecule has 1 N–H and O–H groups in total. The number of benzene rings is 2. The second kappa shape index (κ2) is 6.16. The van der Waals surface area contributed by atoms with Gasteiger partial charge in [0.2, 0.25) is 0 Å². The van der Waals surface area contributed by atoms with E-state index in [0.717, 1.165) is 16.7 Å². The first kappa shape index (κ1) is 13.3. The Balaban J connectivity index is 2.05. The standard InChI is InChI=1S/C16H15O3/c1-12-7-8-13(10-17)9-15(12)11-19-16(18)14-5-3-2-4-6-14/h2-9,17H,1,10-11H2. The molecule has 2 rings (SSSR count). The van der Waals surface area contributed by atoms with Gasteiger partial charge in [-0.25, -0.2) is 4.79 Å². The van der Waals surface area contributed by atoms with Crippen LogP contribution in [0.15, 0.2) is 48.5 Å². The predicted molar refractivity (Wildman–Crippen MR) is 72.4 cm³/mol. The van der Waals surface area contributed by atoms with Crippen molar-refractivity contribution in [2.45, 2.75) is 13.2 Å². The van der Waals surface area contributed by atoms with E-state index in [2.05, 4.69) is 6.92 Å². The van der Waals surface area contributed by atoms with Crippen LogP contribution in [0.2, 0.25) is 0 Å². The Morgan fingerprint density at radius 2 is 1.89 bits per heavy atom. The van der Waals surface area contributed by atoms with Gasteiger partial charge < -0.3 is 9.84 Å². The maximum atomic E-state index is 11.8. The Bertz CT molecular complexity index is 561. The van der Waals surface area contributed by atoms with E-state index in [9.17, 15) is 4.79 Å². The van der Waals surface area contributed by atoms with Gasteiger partial charge in [0.25, 0.3) is 0 Å². The van der Waals surface area contributed by atoms with E-state index < -0.39 is 0 Å². The van der Waals surface area contributed by atoms with Crippen LogP contribution in [-0.2, 0) is 18.0 Å². The van der Waals surface area contributed by atoms with Crippen molar-refractivity contribution in [1.82, 2.24) is 0 Å². The molecule has 3 nitrogen and oxygen atoms in total. The Morgan fingerprint density at radius 1 is 1.16 bits per heavy atom. The molecule has 0 fully saturated rings. The number of aliphatic hydroxyl groups is 1. The summed E-state index contributed by atoms with van der Waals surface area (Å²) in [7, 11) is 0. The highest BCUT2D eigenvalue weighted by molar-refractivity contribution is 5.89. The van der Waals surface area contributed by atoms with Crippen LogP contribution in [0.4, 0.5) is 0 Å². The highest BCUT2D eigenvalue weighted by Crippen LogP contribution is 2.13. The molecule has 0 aliphatic rings. The minimum absolute atomic E-state index is 0.0418. The molecular formula is C16H15O3. The Labute approximate surface area is 112 Å². The summed E-state index contributed by atoms with van der Waals surface area (Å²) in [5, 5.41) is 9.08. The second-order valence-electron chi connectivity index (χ2n) is 4.20. The number of rotatable bonds is 4.